The van der Waals surface area contributed by atoms with Crippen molar-refractivity contribution in [1.82, 2.24) is 0 Å². The fourth-order valence-electron chi connectivity index (χ4n) is 3.80. The molecule has 3 rings (SSSR count). The standard InChI is InChI=1S/C22H23F3Si/c1-2-11-26-12-9-19(10-13-26)18-7-5-16(6-8-18)3-4-17-14-20(23)22(25)21(24)15-17/h5-8,14-15,19,26H,2,9-13H2,1H3. The van der Waals surface area contributed by atoms with Crippen LogP contribution in [-0.4, -0.2) is 8.80 Å². The molecule has 0 aliphatic carbocycles. The largest absolute Gasteiger partial charge is 0.204 e. The fourth-order valence-corrected chi connectivity index (χ4v) is 7.23. The third-order valence-electron chi connectivity index (χ3n) is 5.26. The van der Waals surface area contributed by atoms with Crippen LogP contribution < -0.4 is 0 Å². The minimum absolute atomic E-state index is 0.129. The molecule has 1 fully saturated rings. The maximum absolute atomic E-state index is 13.2. The summed E-state index contributed by atoms with van der Waals surface area (Å²) in [6.07, 6.45) is 3.93. The van der Waals surface area contributed by atoms with Gasteiger partial charge in [-0.25, -0.2) is 13.2 Å². The number of halogens is 3. The lowest BCUT2D eigenvalue weighted by Crippen LogP contribution is -2.19. The highest BCUT2D eigenvalue weighted by atomic mass is 28.3. The summed E-state index contributed by atoms with van der Waals surface area (Å²) in [5.74, 6) is 2.35. The first-order valence-electron chi connectivity index (χ1n) is 9.33. The Morgan fingerprint density at radius 1 is 0.923 bits per heavy atom. The van der Waals surface area contributed by atoms with Gasteiger partial charge >= 0.3 is 0 Å². The van der Waals surface area contributed by atoms with E-state index in [1.165, 1.54) is 43.0 Å². The molecule has 2 aromatic rings. The first-order valence-corrected chi connectivity index (χ1v) is 11.8. The zero-order valence-electron chi connectivity index (χ0n) is 15.0. The molecule has 0 radical (unpaired) electrons. The van der Waals surface area contributed by atoms with Crippen molar-refractivity contribution in [3.8, 4) is 11.8 Å². The van der Waals surface area contributed by atoms with Crippen molar-refractivity contribution in [2.24, 2.45) is 0 Å². The molecule has 0 unspecified atom stereocenters. The van der Waals surface area contributed by atoms with Gasteiger partial charge in [0.15, 0.2) is 17.5 Å². The van der Waals surface area contributed by atoms with E-state index in [-0.39, 0.29) is 5.56 Å². The molecule has 0 N–H and O–H groups in total. The molecule has 1 heterocycles. The molecule has 26 heavy (non-hydrogen) atoms. The molecule has 0 atom stereocenters. The van der Waals surface area contributed by atoms with E-state index in [0.29, 0.717) is 5.92 Å². The normalized spacial score (nSPS) is 19.7. The molecule has 0 bridgehead atoms. The van der Waals surface area contributed by atoms with Gasteiger partial charge in [-0.2, -0.15) is 0 Å². The smallest absolute Gasteiger partial charge is 0.194 e. The second kappa shape index (κ2) is 8.59. The highest BCUT2D eigenvalue weighted by molar-refractivity contribution is 6.59. The molecule has 4 heteroatoms. The summed E-state index contributed by atoms with van der Waals surface area (Å²) in [5, 5.41) is 0. The maximum Gasteiger partial charge on any atom is 0.194 e. The van der Waals surface area contributed by atoms with Gasteiger partial charge in [0.25, 0.3) is 0 Å². The zero-order chi connectivity index (χ0) is 18.5. The van der Waals surface area contributed by atoms with Gasteiger partial charge in [-0.15, -0.1) is 0 Å². The molecule has 0 spiro atoms. The van der Waals surface area contributed by atoms with Crippen LogP contribution in [0.2, 0.25) is 18.1 Å². The van der Waals surface area contributed by atoms with Crippen LogP contribution in [0, 0.1) is 29.3 Å². The lowest BCUT2D eigenvalue weighted by Gasteiger charge is -2.27. The number of rotatable bonds is 3. The van der Waals surface area contributed by atoms with E-state index in [2.05, 4.69) is 30.9 Å². The minimum Gasteiger partial charge on any atom is -0.204 e. The van der Waals surface area contributed by atoms with Crippen molar-refractivity contribution >= 4 is 8.80 Å². The van der Waals surface area contributed by atoms with E-state index in [1.54, 1.807) is 0 Å². The van der Waals surface area contributed by atoms with Crippen LogP contribution in [0.4, 0.5) is 13.2 Å². The number of hydrogen-bond acceptors (Lipinski definition) is 0. The molecule has 0 nitrogen and oxygen atoms in total. The molecular weight excluding hydrogens is 349 g/mol. The van der Waals surface area contributed by atoms with Crippen LogP contribution in [0.1, 0.15) is 48.8 Å². The van der Waals surface area contributed by atoms with Crippen molar-refractivity contribution in [2.75, 3.05) is 0 Å². The zero-order valence-corrected chi connectivity index (χ0v) is 16.2. The molecular formula is C22H23F3Si. The topological polar surface area (TPSA) is 0 Å². The van der Waals surface area contributed by atoms with Crippen molar-refractivity contribution in [3.05, 3.63) is 70.5 Å². The van der Waals surface area contributed by atoms with Gasteiger partial charge in [0.1, 0.15) is 0 Å². The summed E-state index contributed by atoms with van der Waals surface area (Å²) in [5.41, 5.74) is 2.27. The van der Waals surface area contributed by atoms with Crippen LogP contribution in [-0.2, 0) is 0 Å². The van der Waals surface area contributed by atoms with E-state index in [4.69, 9.17) is 0 Å². The average Bonchev–Trinajstić information content (AvgIpc) is 2.66. The Hall–Kier alpha value is -1.99. The maximum atomic E-state index is 13.2. The van der Waals surface area contributed by atoms with Crippen molar-refractivity contribution in [3.63, 3.8) is 0 Å². The third-order valence-corrected chi connectivity index (χ3v) is 8.95. The van der Waals surface area contributed by atoms with E-state index >= 15 is 0 Å². The molecule has 2 aromatic carbocycles. The van der Waals surface area contributed by atoms with Crippen molar-refractivity contribution in [1.29, 1.82) is 0 Å². The van der Waals surface area contributed by atoms with E-state index in [1.807, 2.05) is 12.1 Å². The summed E-state index contributed by atoms with van der Waals surface area (Å²) in [7, 11) is -0.467. The van der Waals surface area contributed by atoms with Gasteiger partial charge in [0.05, 0.1) is 0 Å². The Bertz CT molecular complexity index is 787. The molecule has 1 aliphatic rings. The molecule has 1 aliphatic heterocycles. The summed E-state index contributed by atoms with van der Waals surface area (Å²) in [4.78, 5) is 0. The van der Waals surface area contributed by atoms with Gasteiger partial charge in [-0.1, -0.05) is 55.5 Å². The minimum atomic E-state index is -1.46. The Balaban J connectivity index is 1.66. The predicted molar refractivity (Wildman–Crippen MR) is 103 cm³/mol. The lowest BCUT2D eigenvalue weighted by molar-refractivity contribution is 0.446. The summed E-state index contributed by atoms with van der Waals surface area (Å²) < 4.78 is 39.4. The summed E-state index contributed by atoms with van der Waals surface area (Å²) >= 11 is 0. The molecule has 136 valence electrons. The van der Waals surface area contributed by atoms with E-state index < -0.39 is 26.2 Å². The second-order valence-electron chi connectivity index (χ2n) is 7.13. The SMILES string of the molecule is CCC[SiH]1CCC(c2ccc(C#Cc3cc(F)c(F)c(F)c3)cc2)CC1. The van der Waals surface area contributed by atoms with Crippen LogP contribution >= 0.6 is 0 Å². The van der Waals surface area contributed by atoms with E-state index in [9.17, 15) is 13.2 Å². The monoisotopic (exact) mass is 372 g/mol. The quantitative estimate of drug-likeness (QED) is 0.351. The van der Waals surface area contributed by atoms with Gasteiger partial charge in [0, 0.05) is 19.9 Å². The Morgan fingerprint density at radius 3 is 2.08 bits per heavy atom. The van der Waals surface area contributed by atoms with Crippen LogP contribution in [0.15, 0.2) is 36.4 Å². The van der Waals surface area contributed by atoms with Gasteiger partial charge in [-0.05, 0) is 48.6 Å². The highest BCUT2D eigenvalue weighted by Gasteiger charge is 2.22. The molecule has 0 aromatic heterocycles. The Morgan fingerprint density at radius 2 is 1.50 bits per heavy atom. The van der Waals surface area contributed by atoms with Gasteiger partial charge in [-0.3, -0.25) is 0 Å². The predicted octanol–water partition coefficient (Wildman–Crippen LogP) is 6.02. The Labute approximate surface area is 155 Å². The van der Waals surface area contributed by atoms with Crippen LogP contribution in [0.25, 0.3) is 0 Å². The van der Waals surface area contributed by atoms with Gasteiger partial charge in [0.2, 0.25) is 0 Å². The molecule has 1 saturated heterocycles. The van der Waals surface area contributed by atoms with E-state index in [0.717, 1.165) is 17.7 Å². The van der Waals surface area contributed by atoms with Crippen molar-refractivity contribution < 1.29 is 13.2 Å². The molecule has 0 amide bonds. The third kappa shape index (κ3) is 4.59. The molecule has 0 saturated carbocycles. The number of benzene rings is 2. The Kier molecular flexibility index (Phi) is 6.21. The van der Waals surface area contributed by atoms with Crippen LogP contribution in [0.3, 0.4) is 0 Å². The first kappa shape index (κ1) is 18.8. The summed E-state index contributed by atoms with van der Waals surface area (Å²) in [6.45, 7) is 2.29. The van der Waals surface area contributed by atoms with Gasteiger partial charge < -0.3 is 0 Å². The van der Waals surface area contributed by atoms with Crippen LogP contribution in [0.5, 0.6) is 0 Å². The number of hydrogen-bond donors (Lipinski definition) is 0. The average molecular weight is 373 g/mol. The second-order valence-corrected chi connectivity index (χ2v) is 10.6. The fraction of sp³-hybridized carbons (Fsp3) is 0.364. The summed E-state index contributed by atoms with van der Waals surface area (Å²) in [6, 6.07) is 14.3. The highest BCUT2D eigenvalue weighted by Crippen LogP contribution is 2.34. The first-order chi connectivity index (χ1) is 12.6. The lowest BCUT2D eigenvalue weighted by atomic mass is 9.93. The van der Waals surface area contributed by atoms with Crippen molar-refractivity contribution in [2.45, 2.75) is 50.2 Å².